The molecule has 0 saturated heterocycles. The number of aryl methyl sites for hydroxylation is 2. The Morgan fingerprint density at radius 2 is 2.10 bits per heavy atom. The van der Waals surface area contributed by atoms with Crippen molar-refractivity contribution in [2.24, 2.45) is 0 Å². The lowest BCUT2D eigenvalue weighted by Gasteiger charge is -2.37. The van der Waals surface area contributed by atoms with Crippen LogP contribution in [0.2, 0.25) is 0 Å². The molecule has 0 saturated carbocycles. The third-order valence-corrected chi connectivity index (χ3v) is 5.51. The summed E-state index contributed by atoms with van der Waals surface area (Å²) in [6, 6.07) is 11.7. The second-order valence-corrected chi connectivity index (χ2v) is 7.13. The molecule has 0 radical (unpaired) electrons. The smallest absolute Gasteiger partial charge is 0.0490 e. The van der Waals surface area contributed by atoms with Crippen LogP contribution in [-0.4, -0.2) is 6.54 Å². The summed E-state index contributed by atoms with van der Waals surface area (Å²) in [6.45, 7) is 7.81. The maximum Gasteiger partial charge on any atom is 0.0490 e. The van der Waals surface area contributed by atoms with E-state index in [0.29, 0.717) is 12.0 Å². The third kappa shape index (κ3) is 2.43. The molecule has 3 rings (SSSR count). The standard InChI is InChI=1S/C18H23NS/c1-4-9-19-17(18-12(2)10-13(3)20-18)16-11-14-7-5-6-8-15(14)16/h5-8,10,16-17,19H,4,9,11H2,1-3H3. The number of benzene rings is 1. The van der Waals surface area contributed by atoms with E-state index in [0.717, 1.165) is 6.54 Å². The van der Waals surface area contributed by atoms with Crippen LogP contribution >= 0.6 is 11.3 Å². The van der Waals surface area contributed by atoms with Crippen LogP contribution in [0.3, 0.4) is 0 Å². The van der Waals surface area contributed by atoms with Crippen LogP contribution in [0.1, 0.15) is 51.7 Å². The highest BCUT2D eigenvalue weighted by Crippen LogP contribution is 2.45. The van der Waals surface area contributed by atoms with Gasteiger partial charge in [-0.1, -0.05) is 31.2 Å². The van der Waals surface area contributed by atoms with Crippen LogP contribution in [0.4, 0.5) is 0 Å². The van der Waals surface area contributed by atoms with Crippen molar-refractivity contribution in [3.63, 3.8) is 0 Å². The van der Waals surface area contributed by atoms with Gasteiger partial charge in [-0.15, -0.1) is 11.3 Å². The van der Waals surface area contributed by atoms with Gasteiger partial charge in [0, 0.05) is 21.7 Å². The highest BCUT2D eigenvalue weighted by atomic mass is 32.1. The Morgan fingerprint density at radius 1 is 1.30 bits per heavy atom. The van der Waals surface area contributed by atoms with E-state index in [-0.39, 0.29) is 0 Å². The molecule has 1 aliphatic carbocycles. The Balaban J connectivity index is 1.90. The fourth-order valence-corrected chi connectivity index (χ4v) is 4.46. The molecule has 0 bridgehead atoms. The molecule has 2 aromatic rings. The lowest BCUT2D eigenvalue weighted by Crippen LogP contribution is -2.33. The minimum absolute atomic E-state index is 0.489. The summed E-state index contributed by atoms with van der Waals surface area (Å²) in [7, 11) is 0. The number of thiophene rings is 1. The maximum absolute atomic E-state index is 3.79. The van der Waals surface area contributed by atoms with Gasteiger partial charge in [0.2, 0.25) is 0 Å². The van der Waals surface area contributed by atoms with Gasteiger partial charge < -0.3 is 5.32 Å². The van der Waals surface area contributed by atoms with E-state index in [2.05, 4.69) is 56.4 Å². The molecule has 1 N–H and O–H groups in total. The lowest BCUT2D eigenvalue weighted by molar-refractivity contribution is 0.416. The van der Waals surface area contributed by atoms with Crippen molar-refractivity contribution in [3.8, 4) is 0 Å². The van der Waals surface area contributed by atoms with Gasteiger partial charge in [-0.25, -0.2) is 0 Å². The second-order valence-electron chi connectivity index (χ2n) is 5.85. The van der Waals surface area contributed by atoms with E-state index in [9.17, 15) is 0 Å². The number of hydrogen-bond donors (Lipinski definition) is 1. The van der Waals surface area contributed by atoms with Crippen molar-refractivity contribution in [2.75, 3.05) is 6.54 Å². The van der Waals surface area contributed by atoms with E-state index in [1.54, 1.807) is 5.56 Å². The molecular weight excluding hydrogens is 262 g/mol. The van der Waals surface area contributed by atoms with Gasteiger partial charge in [0.1, 0.15) is 0 Å². The molecular formula is C18H23NS. The van der Waals surface area contributed by atoms with Gasteiger partial charge in [-0.05, 0) is 56.0 Å². The van der Waals surface area contributed by atoms with Crippen molar-refractivity contribution in [1.82, 2.24) is 5.32 Å². The van der Waals surface area contributed by atoms with Gasteiger partial charge in [0.25, 0.3) is 0 Å². The molecule has 0 fully saturated rings. The van der Waals surface area contributed by atoms with Crippen molar-refractivity contribution in [3.05, 3.63) is 56.8 Å². The van der Waals surface area contributed by atoms with Crippen LogP contribution in [0.25, 0.3) is 0 Å². The zero-order valence-electron chi connectivity index (χ0n) is 12.6. The zero-order chi connectivity index (χ0) is 14.1. The topological polar surface area (TPSA) is 12.0 Å². The minimum Gasteiger partial charge on any atom is -0.309 e. The summed E-state index contributed by atoms with van der Waals surface area (Å²) in [6.07, 6.45) is 2.40. The van der Waals surface area contributed by atoms with Crippen LogP contribution in [0.5, 0.6) is 0 Å². The average molecular weight is 285 g/mol. The summed E-state index contributed by atoms with van der Waals surface area (Å²) < 4.78 is 0. The summed E-state index contributed by atoms with van der Waals surface area (Å²) in [4.78, 5) is 2.96. The lowest BCUT2D eigenvalue weighted by atomic mass is 9.72. The van der Waals surface area contributed by atoms with Gasteiger partial charge in [0.05, 0.1) is 0 Å². The Labute approximate surface area is 126 Å². The van der Waals surface area contributed by atoms with Crippen LogP contribution in [-0.2, 0) is 6.42 Å². The van der Waals surface area contributed by atoms with Crippen LogP contribution in [0.15, 0.2) is 30.3 Å². The van der Waals surface area contributed by atoms with E-state index in [4.69, 9.17) is 0 Å². The SMILES string of the molecule is CCCNC(c1sc(C)cc1C)C1Cc2ccccc21. The molecule has 1 aliphatic rings. The molecule has 2 atom stereocenters. The van der Waals surface area contributed by atoms with E-state index in [1.807, 2.05) is 11.3 Å². The maximum atomic E-state index is 3.79. The molecule has 106 valence electrons. The van der Waals surface area contributed by atoms with Gasteiger partial charge in [-0.2, -0.15) is 0 Å². The third-order valence-electron chi connectivity index (χ3n) is 4.27. The number of fused-ring (bicyclic) bond motifs is 1. The quantitative estimate of drug-likeness (QED) is 0.836. The summed E-state index contributed by atoms with van der Waals surface area (Å²) in [5, 5.41) is 3.79. The van der Waals surface area contributed by atoms with Crippen molar-refractivity contribution < 1.29 is 0 Å². The van der Waals surface area contributed by atoms with E-state index in [1.165, 1.54) is 33.7 Å². The fraction of sp³-hybridized carbons (Fsp3) is 0.444. The first-order chi connectivity index (χ1) is 9.70. The first-order valence-electron chi connectivity index (χ1n) is 7.58. The largest absolute Gasteiger partial charge is 0.309 e. The normalized spacial score (nSPS) is 18.4. The number of rotatable bonds is 5. The van der Waals surface area contributed by atoms with Crippen molar-refractivity contribution >= 4 is 11.3 Å². The monoisotopic (exact) mass is 285 g/mol. The molecule has 1 nitrogen and oxygen atoms in total. The Bertz CT molecular complexity index is 599. The highest BCUT2D eigenvalue weighted by Gasteiger charge is 2.34. The highest BCUT2D eigenvalue weighted by molar-refractivity contribution is 7.12. The average Bonchev–Trinajstić information content (AvgIpc) is 2.74. The molecule has 2 heteroatoms. The predicted molar refractivity (Wildman–Crippen MR) is 87.7 cm³/mol. The van der Waals surface area contributed by atoms with E-state index >= 15 is 0 Å². The summed E-state index contributed by atoms with van der Waals surface area (Å²) in [5.74, 6) is 0.648. The molecule has 1 heterocycles. The fourth-order valence-electron chi connectivity index (χ4n) is 3.28. The molecule has 2 unspecified atom stereocenters. The summed E-state index contributed by atoms with van der Waals surface area (Å²) in [5.41, 5.74) is 4.53. The van der Waals surface area contributed by atoms with Crippen molar-refractivity contribution in [2.45, 2.75) is 45.6 Å². The Morgan fingerprint density at radius 3 is 2.75 bits per heavy atom. The number of hydrogen-bond acceptors (Lipinski definition) is 2. The Kier molecular flexibility index (Phi) is 3.95. The summed E-state index contributed by atoms with van der Waals surface area (Å²) >= 11 is 1.96. The first kappa shape index (κ1) is 13.8. The van der Waals surface area contributed by atoms with Gasteiger partial charge in [-0.3, -0.25) is 0 Å². The Hall–Kier alpha value is -1.12. The molecule has 0 aliphatic heterocycles. The van der Waals surface area contributed by atoms with Crippen LogP contribution < -0.4 is 5.32 Å². The van der Waals surface area contributed by atoms with Crippen molar-refractivity contribution in [1.29, 1.82) is 0 Å². The number of nitrogens with one attached hydrogen (secondary N) is 1. The first-order valence-corrected chi connectivity index (χ1v) is 8.40. The second kappa shape index (κ2) is 5.71. The van der Waals surface area contributed by atoms with E-state index < -0.39 is 0 Å². The molecule has 1 aromatic carbocycles. The minimum atomic E-state index is 0.489. The molecule has 0 spiro atoms. The van der Waals surface area contributed by atoms with Gasteiger partial charge >= 0.3 is 0 Å². The zero-order valence-corrected chi connectivity index (χ0v) is 13.4. The molecule has 0 amide bonds. The predicted octanol–water partition coefficient (Wildman–Crippen LogP) is 4.75. The molecule has 20 heavy (non-hydrogen) atoms. The van der Waals surface area contributed by atoms with Gasteiger partial charge in [0.15, 0.2) is 0 Å². The van der Waals surface area contributed by atoms with Crippen LogP contribution in [0, 0.1) is 13.8 Å². The molecule has 1 aromatic heterocycles.